The van der Waals surface area contributed by atoms with Crippen LogP contribution in [-0.2, 0) is 11.2 Å². The van der Waals surface area contributed by atoms with Crippen LogP contribution in [0.2, 0.25) is 0 Å². The lowest BCUT2D eigenvalue weighted by molar-refractivity contribution is -0.0261. The van der Waals surface area contributed by atoms with Gasteiger partial charge >= 0.3 is 0 Å². The summed E-state index contributed by atoms with van der Waals surface area (Å²) in [7, 11) is 1.54. The summed E-state index contributed by atoms with van der Waals surface area (Å²) in [5.41, 5.74) is 1.89. The molecule has 3 heterocycles. The van der Waals surface area contributed by atoms with E-state index in [-0.39, 0.29) is 17.8 Å². The number of aromatic nitrogens is 2. The van der Waals surface area contributed by atoms with Gasteiger partial charge in [-0.05, 0) is 42.2 Å². The fraction of sp³-hybridized carbons (Fsp3) is 0.318. The van der Waals surface area contributed by atoms with Crippen LogP contribution >= 0.6 is 0 Å². The molecular formula is C22H22FN3O4. The molecule has 8 heteroatoms. The maximum absolute atomic E-state index is 14.5. The van der Waals surface area contributed by atoms with Crippen LogP contribution < -0.4 is 10.1 Å². The Morgan fingerprint density at radius 3 is 3.03 bits per heavy atom. The quantitative estimate of drug-likeness (QED) is 0.669. The normalized spacial score (nSPS) is 18.9. The van der Waals surface area contributed by atoms with Gasteiger partial charge in [0.1, 0.15) is 17.0 Å². The number of hydrogen-bond acceptors (Lipinski definition) is 6. The van der Waals surface area contributed by atoms with Gasteiger partial charge in [-0.2, -0.15) is 0 Å². The topological polar surface area (TPSA) is 93.6 Å². The minimum absolute atomic E-state index is 0.0994. The zero-order valence-electron chi connectivity index (χ0n) is 16.5. The first-order chi connectivity index (χ1) is 14.5. The first-order valence-electron chi connectivity index (χ1n) is 9.69. The van der Waals surface area contributed by atoms with Crippen molar-refractivity contribution in [2.45, 2.75) is 25.0 Å². The summed E-state index contributed by atoms with van der Waals surface area (Å²) in [5.74, 6) is -0.481. The van der Waals surface area contributed by atoms with Gasteiger partial charge in [0.05, 0.1) is 25.9 Å². The number of carbonyl (C=O) groups excluding carboxylic acids is 1. The van der Waals surface area contributed by atoms with Gasteiger partial charge in [0.2, 0.25) is 5.88 Å². The van der Waals surface area contributed by atoms with Gasteiger partial charge in [0.15, 0.2) is 0 Å². The van der Waals surface area contributed by atoms with Crippen molar-refractivity contribution in [3.63, 3.8) is 0 Å². The number of aliphatic hydroxyl groups is 1. The summed E-state index contributed by atoms with van der Waals surface area (Å²) in [6, 6.07) is 9.58. The largest absolute Gasteiger partial charge is 0.481 e. The average Bonchev–Trinajstić information content (AvgIpc) is 2.76. The van der Waals surface area contributed by atoms with E-state index in [1.807, 2.05) is 6.07 Å². The van der Waals surface area contributed by atoms with E-state index in [0.29, 0.717) is 30.7 Å². The molecule has 0 aliphatic carbocycles. The van der Waals surface area contributed by atoms with E-state index >= 15 is 0 Å². The molecule has 0 saturated carbocycles. The van der Waals surface area contributed by atoms with Crippen molar-refractivity contribution in [1.82, 2.24) is 15.3 Å². The Labute approximate surface area is 172 Å². The molecule has 1 saturated heterocycles. The Kier molecular flexibility index (Phi) is 5.87. The molecule has 2 atom stereocenters. The molecule has 1 aromatic carbocycles. The Hall–Kier alpha value is -3.10. The monoisotopic (exact) mass is 411 g/mol. The molecule has 156 valence electrons. The number of aliphatic hydroxyl groups excluding tert-OH is 1. The average molecular weight is 411 g/mol. The number of amides is 1. The minimum atomic E-state index is -0.788. The second kappa shape index (κ2) is 8.73. The molecule has 1 aliphatic heterocycles. The molecule has 3 aromatic rings. The molecule has 1 amide bonds. The molecule has 4 rings (SSSR count). The van der Waals surface area contributed by atoms with Gasteiger partial charge in [-0.25, -0.2) is 14.4 Å². The smallest absolute Gasteiger partial charge is 0.270 e. The summed E-state index contributed by atoms with van der Waals surface area (Å²) < 4.78 is 24.9. The molecule has 0 unspecified atom stereocenters. The predicted octanol–water partition coefficient (Wildman–Crippen LogP) is 2.25. The number of rotatable bonds is 5. The number of ether oxygens (including phenoxy) is 2. The van der Waals surface area contributed by atoms with Crippen molar-refractivity contribution >= 4 is 16.8 Å². The molecule has 0 bridgehead atoms. The Morgan fingerprint density at radius 1 is 1.37 bits per heavy atom. The second-order valence-electron chi connectivity index (χ2n) is 7.20. The van der Waals surface area contributed by atoms with E-state index in [9.17, 15) is 14.3 Å². The highest BCUT2D eigenvalue weighted by atomic mass is 19.1. The van der Waals surface area contributed by atoms with Crippen LogP contribution in [0, 0.1) is 5.82 Å². The van der Waals surface area contributed by atoms with Gasteiger partial charge in [0, 0.05) is 24.3 Å². The molecule has 0 spiro atoms. The number of nitrogens with zero attached hydrogens (tertiary/aromatic N) is 2. The lowest BCUT2D eigenvalue weighted by atomic mass is 10.00. The fourth-order valence-corrected chi connectivity index (χ4v) is 3.57. The van der Waals surface area contributed by atoms with Crippen molar-refractivity contribution in [3.8, 4) is 5.88 Å². The molecule has 1 fully saturated rings. The van der Waals surface area contributed by atoms with Crippen LogP contribution in [0.15, 0.2) is 42.6 Å². The summed E-state index contributed by atoms with van der Waals surface area (Å²) >= 11 is 0. The fourth-order valence-electron chi connectivity index (χ4n) is 3.57. The molecule has 2 N–H and O–H groups in total. The summed E-state index contributed by atoms with van der Waals surface area (Å²) in [6.45, 7) is 0.622. The van der Waals surface area contributed by atoms with E-state index in [1.165, 1.54) is 13.2 Å². The SMILES string of the molecule is COc1cc(Cc2cc(C(=O)N[C@H]3CCOC[C@@H]3O)nc3c(F)cccc23)ccn1. The molecule has 2 aromatic heterocycles. The van der Waals surface area contributed by atoms with Crippen molar-refractivity contribution in [2.24, 2.45) is 0 Å². The van der Waals surface area contributed by atoms with Crippen LogP contribution in [-0.4, -0.2) is 53.5 Å². The number of hydrogen-bond donors (Lipinski definition) is 2. The standard InChI is InChI=1S/C22H22FN3O4/c1-29-20-10-13(5-7-24-20)9-14-11-18(25-21-15(14)3-2-4-16(21)23)22(28)26-17-6-8-30-12-19(17)27/h2-5,7,10-11,17,19,27H,6,8-9,12H2,1H3,(H,26,28)/t17-,19-/m0/s1. The minimum Gasteiger partial charge on any atom is -0.481 e. The van der Waals surface area contributed by atoms with Gasteiger partial charge in [-0.3, -0.25) is 4.79 Å². The maximum atomic E-state index is 14.5. The van der Waals surface area contributed by atoms with E-state index in [4.69, 9.17) is 9.47 Å². The number of methoxy groups -OCH3 is 1. The Bertz CT molecular complexity index is 1080. The van der Waals surface area contributed by atoms with Gasteiger partial charge < -0.3 is 19.9 Å². The van der Waals surface area contributed by atoms with E-state index < -0.39 is 23.9 Å². The number of benzene rings is 1. The number of halogens is 1. The lowest BCUT2D eigenvalue weighted by Gasteiger charge is -2.28. The van der Waals surface area contributed by atoms with Crippen LogP contribution in [0.4, 0.5) is 4.39 Å². The zero-order valence-corrected chi connectivity index (χ0v) is 16.5. The Balaban J connectivity index is 1.70. The van der Waals surface area contributed by atoms with Gasteiger partial charge in [-0.15, -0.1) is 0 Å². The third kappa shape index (κ3) is 4.24. The highest BCUT2D eigenvalue weighted by molar-refractivity contribution is 5.96. The summed E-state index contributed by atoms with van der Waals surface area (Å²) in [5, 5.41) is 13.5. The highest BCUT2D eigenvalue weighted by Crippen LogP contribution is 2.24. The number of carbonyl (C=O) groups is 1. The third-order valence-electron chi connectivity index (χ3n) is 5.15. The number of pyridine rings is 2. The second-order valence-corrected chi connectivity index (χ2v) is 7.20. The molecule has 1 aliphatic rings. The first-order valence-corrected chi connectivity index (χ1v) is 9.69. The number of nitrogens with one attached hydrogen (secondary N) is 1. The zero-order chi connectivity index (χ0) is 21.1. The van der Waals surface area contributed by atoms with Crippen LogP contribution in [0.3, 0.4) is 0 Å². The summed E-state index contributed by atoms with van der Waals surface area (Å²) in [4.78, 5) is 21.2. The van der Waals surface area contributed by atoms with Crippen LogP contribution in [0.25, 0.3) is 10.9 Å². The molecular weight excluding hydrogens is 389 g/mol. The first kappa shape index (κ1) is 20.2. The van der Waals surface area contributed by atoms with E-state index in [2.05, 4.69) is 15.3 Å². The summed E-state index contributed by atoms with van der Waals surface area (Å²) in [6.07, 6.45) is 1.79. The number of fused-ring (bicyclic) bond motifs is 1. The highest BCUT2D eigenvalue weighted by Gasteiger charge is 2.26. The van der Waals surface area contributed by atoms with Crippen LogP contribution in [0.5, 0.6) is 5.88 Å². The van der Waals surface area contributed by atoms with E-state index in [1.54, 1.807) is 30.5 Å². The van der Waals surface area contributed by atoms with Crippen molar-refractivity contribution in [3.05, 3.63) is 65.2 Å². The molecule has 0 radical (unpaired) electrons. The van der Waals surface area contributed by atoms with E-state index in [0.717, 1.165) is 11.1 Å². The maximum Gasteiger partial charge on any atom is 0.270 e. The van der Waals surface area contributed by atoms with Crippen molar-refractivity contribution in [1.29, 1.82) is 0 Å². The number of para-hydroxylation sites is 1. The predicted molar refractivity (Wildman–Crippen MR) is 108 cm³/mol. The van der Waals surface area contributed by atoms with Gasteiger partial charge in [0.25, 0.3) is 5.91 Å². The van der Waals surface area contributed by atoms with Crippen molar-refractivity contribution in [2.75, 3.05) is 20.3 Å². The van der Waals surface area contributed by atoms with Gasteiger partial charge in [-0.1, -0.05) is 12.1 Å². The third-order valence-corrected chi connectivity index (χ3v) is 5.15. The lowest BCUT2D eigenvalue weighted by Crippen LogP contribution is -2.48. The van der Waals surface area contributed by atoms with Crippen molar-refractivity contribution < 1.29 is 23.8 Å². The molecule has 7 nitrogen and oxygen atoms in total. The Morgan fingerprint density at radius 2 is 2.23 bits per heavy atom. The van der Waals surface area contributed by atoms with Crippen LogP contribution in [0.1, 0.15) is 28.0 Å². The molecule has 30 heavy (non-hydrogen) atoms.